The number of fused-ring (bicyclic) bond motifs is 18. The van der Waals surface area contributed by atoms with E-state index in [-0.39, 0.29) is 0 Å². The van der Waals surface area contributed by atoms with Gasteiger partial charge < -0.3 is 18.3 Å². The van der Waals surface area contributed by atoms with Crippen LogP contribution in [0.4, 0.5) is 0 Å². The van der Waals surface area contributed by atoms with Crippen molar-refractivity contribution in [1.29, 1.82) is 0 Å². The fourth-order valence-electron chi connectivity index (χ4n) is 16.4. The third-order valence-electron chi connectivity index (χ3n) is 21.1. The van der Waals surface area contributed by atoms with E-state index in [2.05, 4.69) is 382 Å². The van der Waals surface area contributed by atoms with Crippen LogP contribution in [0.3, 0.4) is 0 Å². The Hall–Kier alpha value is -12.8. The van der Waals surface area contributed by atoms with Gasteiger partial charge in [0, 0.05) is 106 Å². The quantitative estimate of drug-likeness (QED) is 0.144. The zero-order valence-corrected chi connectivity index (χ0v) is 56.9. The molecule has 4 nitrogen and oxygen atoms in total. The minimum absolute atomic E-state index is 1.16. The minimum atomic E-state index is 1.16. The fourth-order valence-corrected chi connectivity index (χ4v) is 18.6. The maximum Gasteiger partial charge on any atom is 0.0541 e. The summed E-state index contributed by atoms with van der Waals surface area (Å²) in [6, 6.07) is 133. The summed E-state index contributed by atoms with van der Waals surface area (Å²) in [6.45, 7) is 0. The van der Waals surface area contributed by atoms with E-state index in [1.165, 1.54) is 183 Å². The van der Waals surface area contributed by atoms with Crippen molar-refractivity contribution in [3.8, 4) is 67.3 Å². The Balaban J connectivity index is 0.000000133. The Labute approximate surface area is 595 Å². The molecule has 16 aromatic carbocycles. The Morgan fingerprint density at radius 2 is 0.441 bits per heavy atom. The van der Waals surface area contributed by atoms with Gasteiger partial charge in [-0.25, -0.2) is 0 Å². The molecule has 0 saturated heterocycles. The van der Waals surface area contributed by atoms with Gasteiger partial charge >= 0.3 is 0 Å². The molecule has 476 valence electrons. The van der Waals surface area contributed by atoms with Crippen LogP contribution in [0, 0.1) is 0 Å². The van der Waals surface area contributed by atoms with E-state index < -0.39 is 0 Å². The number of nitrogens with zero attached hydrogens (tertiary/aromatic N) is 4. The summed E-state index contributed by atoms with van der Waals surface area (Å²) in [5.74, 6) is 0. The summed E-state index contributed by atoms with van der Waals surface area (Å²) in [5, 5.41) is 15.4. The Bertz CT molecular complexity index is 7100. The summed E-state index contributed by atoms with van der Waals surface area (Å²) in [7, 11) is 0. The molecule has 6 aromatic heterocycles. The van der Waals surface area contributed by atoms with Gasteiger partial charge in [-0.05, 0) is 196 Å². The van der Waals surface area contributed by atoms with E-state index in [0.717, 1.165) is 11.4 Å². The maximum absolute atomic E-state index is 2.41. The maximum atomic E-state index is 2.41. The fraction of sp³-hybridized carbons (Fsp3) is 0. The first-order valence-corrected chi connectivity index (χ1v) is 36.5. The van der Waals surface area contributed by atoms with Crippen LogP contribution in [0.5, 0.6) is 0 Å². The molecule has 0 fully saturated rings. The number of para-hydroxylation sites is 6. The van der Waals surface area contributed by atoms with E-state index in [0.29, 0.717) is 0 Å². The van der Waals surface area contributed by atoms with Crippen molar-refractivity contribution >= 4 is 150 Å². The van der Waals surface area contributed by atoms with E-state index >= 15 is 0 Å². The zero-order chi connectivity index (χ0) is 66.9. The molecule has 0 aliphatic heterocycles. The molecule has 22 aromatic rings. The third-order valence-corrected chi connectivity index (χ3v) is 23.3. The van der Waals surface area contributed by atoms with E-state index in [1.54, 1.807) is 0 Å². The van der Waals surface area contributed by atoms with Crippen molar-refractivity contribution in [2.75, 3.05) is 0 Å². The Kier molecular flexibility index (Phi) is 13.3. The summed E-state index contributed by atoms with van der Waals surface area (Å²) in [4.78, 5) is 0. The summed E-state index contributed by atoms with van der Waals surface area (Å²) in [6.07, 6.45) is 0. The lowest BCUT2D eigenvalue weighted by Crippen LogP contribution is -1.94. The second-order valence-electron chi connectivity index (χ2n) is 26.7. The van der Waals surface area contributed by atoms with Crippen LogP contribution < -0.4 is 0 Å². The highest BCUT2D eigenvalue weighted by Crippen LogP contribution is 2.45. The predicted octanol–water partition coefficient (Wildman–Crippen LogP) is 27.2. The van der Waals surface area contributed by atoms with E-state index in [4.69, 9.17) is 0 Å². The summed E-state index contributed by atoms with van der Waals surface area (Å²) < 4.78 is 14.9. The highest BCUT2D eigenvalue weighted by Gasteiger charge is 2.21. The molecule has 0 atom stereocenters. The molecule has 0 amide bonds. The van der Waals surface area contributed by atoms with Crippen LogP contribution in [0.2, 0.25) is 0 Å². The molecule has 0 unspecified atom stereocenters. The second-order valence-corrected chi connectivity index (χ2v) is 28.9. The monoisotopic (exact) mass is 1330 g/mol. The number of benzene rings is 16. The summed E-state index contributed by atoms with van der Waals surface area (Å²) in [5.41, 5.74) is 24.3. The molecule has 0 spiro atoms. The topological polar surface area (TPSA) is 19.7 Å². The smallest absolute Gasteiger partial charge is 0.0541 e. The van der Waals surface area contributed by atoms with Crippen molar-refractivity contribution in [2.24, 2.45) is 0 Å². The molecular weight excluding hydrogens is 1270 g/mol. The SMILES string of the molecule is c1ccc(-n2c3ccccc3c3cc(-c4ccc5c(c4)c4ccccc4n5-c4ccc(-c5ccc6sc7ccccc7c6c5)cc4)ccc32)cc1.c1ccc(-n2c3ccccc3c3cc(-c4ccc5c(c4)c4ccccc4n5-c4ccc(-c5cccc6sc7ccccc7c56)cc4)ccc32)cc1. The van der Waals surface area contributed by atoms with Crippen LogP contribution in [0.25, 0.3) is 195 Å². The van der Waals surface area contributed by atoms with Crippen LogP contribution in [0.15, 0.2) is 364 Å². The van der Waals surface area contributed by atoms with Crippen LogP contribution in [0.1, 0.15) is 0 Å². The van der Waals surface area contributed by atoms with Gasteiger partial charge in [0.15, 0.2) is 0 Å². The number of hydrogen-bond donors (Lipinski definition) is 0. The first-order valence-electron chi connectivity index (χ1n) is 34.9. The number of hydrogen-bond acceptors (Lipinski definition) is 2. The lowest BCUT2D eigenvalue weighted by molar-refractivity contribution is 1.18. The molecular formula is C96H60N4S2. The number of rotatable bonds is 8. The molecule has 0 N–H and O–H groups in total. The standard InChI is InChI=1S/2C48H30N2S/c1-2-11-34(12-3-1)49-42-17-7-4-13-37(42)40-29-32(23-27-44(40)49)33-24-28-45-41(30-33)38-14-5-8-18-43(38)50(45)35-25-21-31(22-26-35)36-16-10-20-47-48(36)39-15-6-9-19-46(39)51-47;1-2-10-35(11-3-1)49-43-15-7-4-12-37(43)40-28-33(20-25-45(40)49)34-21-26-46-41(29-34)38-13-5-8-16-44(38)50(46)36-23-18-31(19-24-36)32-22-27-48-42(30-32)39-14-6-9-17-47(39)51-48/h2*1-30H. The van der Waals surface area contributed by atoms with Gasteiger partial charge in [0.05, 0.1) is 44.1 Å². The highest BCUT2D eigenvalue weighted by atomic mass is 32.1. The van der Waals surface area contributed by atoms with Gasteiger partial charge in [-0.3, -0.25) is 0 Å². The van der Waals surface area contributed by atoms with Gasteiger partial charge in [-0.1, -0.05) is 212 Å². The zero-order valence-electron chi connectivity index (χ0n) is 55.2. The molecule has 0 radical (unpaired) electrons. The van der Waals surface area contributed by atoms with Gasteiger partial charge in [0.2, 0.25) is 0 Å². The molecule has 0 aliphatic carbocycles. The molecule has 22 rings (SSSR count). The van der Waals surface area contributed by atoms with E-state index in [9.17, 15) is 0 Å². The lowest BCUT2D eigenvalue weighted by atomic mass is 9.99. The average molecular weight is 1330 g/mol. The third kappa shape index (κ3) is 9.27. The van der Waals surface area contributed by atoms with Crippen molar-refractivity contribution < 1.29 is 0 Å². The van der Waals surface area contributed by atoms with Gasteiger partial charge in [0.1, 0.15) is 0 Å². The summed E-state index contributed by atoms with van der Waals surface area (Å²) >= 11 is 3.73. The minimum Gasteiger partial charge on any atom is -0.309 e. The largest absolute Gasteiger partial charge is 0.309 e. The molecule has 0 bridgehead atoms. The number of aromatic nitrogens is 4. The molecule has 6 heteroatoms. The average Bonchev–Trinajstić information content (AvgIpc) is 1.59. The van der Waals surface area contributed by atoms with Crippen LogP contribution in [-0.2, 0) is 0 Å². The van der Waals surface area contributed by atoms with Gasteiger partial charge in [-0.2, -0.15) is 0 Å². The molecule has 0 aliphatic rings. The first kappa shape index (κ1) is 58.2. The molecule has 0 saturated carbocycles. The molecule has 6 heterocycles. The van der Waals surface area contributed by atoms with Crippen molar-refractivity contribution in [3.05, 3.63) is 364 Å². The highest BCUT2D eigenvalue weighted by molar-refractivity contribution is 7.26. The Morgan fingerprint density at radius 3 is 0.882 bits per heavy atom. The normalized spacial score (nSPS) is 11.9. The molecule has 102 heavy (non-hydrogen) atoms. The predicted molar refractivity (Wildman–Crippen MR) is 438 cm³/mol. The van der Waals surface area contributed by atoms with Crippen molar-refractivity contribution in [2.45, 2.75) is 0 Å². The van der Waals surface area contributed by atoms with Crippen molar-refractivity contribution in [1.82, 2.24) is 18.3 Å². The van der Waals surface area contributed by atoms with Crippen molar-refractivity contribution in [3.63, 3.8) is 0 Å². The van der Waals surface area contributed by atoms with Crippen LogP contribution in [-0.4, -0.2) is 18.3 Å². The lowest BCUT2D eigenvalue weighted by Gasteiger charge is -2.11. The first-order chi connectivity index (χ1) is 50.6. The second kappa shape index (κ2) is 23.4. The Morgan fingerprint density at radius 1 is 0.157 bits per heavy atom. The van der Waals surface area contributed by atoms with E-state index in [1.807, 2.05) is 22.7 Å². The van der Waals surface area contributed by atoms with Gasteiger partial charge in [-0.15, -0.1) is 22.7 Å². The number of thiophene rings is 2. The van der Waals surface area contributed by atoms with Crippen LogP contribution >= 0.6 is 22.7 Å². The van der Waals surface area contributed by atoms with Gasteiger partial charge in [0.25, 0.3) is 0 Å².